The molecule has 0 saturated heterocycles. The lowest BCUT2D eigenvalue weighted by Crippen LogP contribution is -2.24. The molecule has 0 aliphatic heterocycles. The van der Waals surface area contributed by atoms with Crippen molar-refractivity contribution in [2.45, 2.75) is 33.1 Å². The first-order valence-electron chi connectivity index (χ1n) is 7.15. The van der Waals surface area contributed by atoms with Crippen LogP contribution in [0.15, 0.2) is 0 Å². The first kappa shape index (κ1) is 19.7. The van der Waals surface area contributed by atoms with Crippen molar-refractivity contribution < 1.29 is 31.5 Å². The monoisotopic (exact) mass is 356 g/mol. The lowest BCUT2D eigenvalue weighted by molar-refractivity contribution is -0.138. The summed E-state index contributed by atoms with van der Waals surface area (Å²) >= 11 is 1.43. The van der Waals surface area contributed by atoms with Crippen LogP contribution in [-0.2, 0) is 4.79 Å². The van der Waals surface area contributed by atoms with Crippen LogP contribution in [0.5, 0.6) is 5.75 Å². The molecule has 0 fully saturated rings. The fourth-order valence-electron chi connectivity index (χ4n) is 1.84. The zero-order valence-corrected chi connectivity index (χ0v) is 13.5. The smallest absolute Gasteiger partial charge is 0.315 e. The first-order valence-corrected chi connectivity index (χ1v) is 8.31. The number of rotatable bonds is 8. The average molecular weight is 356 g/mol. The Morgan fingerprint density at radius 1 is 1.00 bits per heavy atom. The van der Waals surface area contributed by atoms with Gasteiger partial charge in [0, 0.05) is 5.75 Å². The highest BCUT2D eigenvalue weighted by Crippen LogP contribution is 2.30. The maximum absolute atomic E-state index is 13.5. The number of hydrogen-bond acceptors (Lipinski definition) is 3. The summed E-state index contributed by atoms with van der Waals surface area (Å²) in [4.78, 5) is 12.0. The number of benzene rings is 1. The molecule has 0 aliphatic carbocycles. The number of carbonyl (C=O) groups is 1. The Kier molecular flexibility index (Phi) is 7.81. The van der Waals surface area contributed by atoms with Gasteiger partial charge in [-0.05, 0) is 12.2 Å². The summed E-state index contributed by atoms with van der Waals surface area (Å²) in [5.41, 5.74) is 0. The predicted octanol–water partition coefficient (Wildman–Crippen LogP) is 4.85. The maximum atomic E-state index is 13.5. The van der Waals surface area contributed by atoms with E-state index in [0.717, 1.165) is 12.2 Å². The van der Waals surface area contributed by atoms with Gasteiger partial charge in [-0.3, -0.25) is 4.79 Å². The minimum absolute atomic E-state index is 0.352. The van der Waals surface area contributed by atoms with Crippen LogP contribution in [0.4, 0.5) is 22.0 Å². The van der Waals surface area contributed by atoms with Crippen molar-refractivity contribution in [2.24, 2.45) is 5.92 Å². The predicted molar refractivity (Wildman–Crippen MR) is 77.9 cm³/mol. The number of thioether (sulfide) groups is 1. The fourth-order valence-corrected chi connectivity index (χ4v) is 2.66. The van der Waals surface area contributed by atoms with Crippen molar-refractivity contribution in [1.29, 1.82) is 0 Å². The van der Waals surface area contributed by atoms with Gasteiger partial charge in [-0.25, -0.2) is 13.2 Å². The van der Waals surface area contributed by atoms with Gasteiger partial charge < -0.3 is 4.74 Å². The second-order valence-electron chi connectivity index (χ2n) is 4.82. The van der Waals surface area contributed by atoms with Gasteiger partial charge in [-0.15, -0.1) is 0 Å². The van der Waals surface area contributed by atoms with Crippen LogP contribution in [0.3, 0.4) is 0 Å². The standard InChI is InChI=1S/C15H17F5O2S/c1-3-5-6-8(7-23-4-2)15(21)22-14-12(19)10(17)9(16)11(18)13(14)20/h8H,3-7H2,1-2H3. The Balaban J connectivity index is 3.02. The largest absolute Gasteiger partial charge is 0.420 e. The molecule has 0 amide bonds. The highest BCUT2D eigenvalue weighted by molar-refractivity contribution is 7.99. The highest BCUT2D eigenvalue weighted by atomic mass is 32.2. The molecule has 1 aromatic carbocycles. The van der Waals surface area contributed by atoms with Crippen LogP contribution in [0, 0.1) is 35.0 Å². The van der Waals surface area contributed by atoms with E-state index in [2.05, 4.69) is 4.74 Å². The van der Waals surface area contributed by atoms with Crippen LogP contribution >= 0.6 is 11.8 Å². The molecule has 2 nitrogen and oxygen atoms in total. The maximum Gasteiger partial charge on any atom is 0.315 e. The average Bonchev–Trinajstić information content (AvgIpc) is 2.55. The summed E-state index contributed by atoms with van der Waals surface area (Å²) in [6.07, 6.45) is 1.89. The fraction of sp³-hybridized carbons (Fsp3) is 0.533. The second-order valence-corrected chi connectivity index (χ2v) is 6.14. The van der Waals surface area contributed by atoms with Gasteiger partial charge in [0.15, 0.2) is 0 Å². The van der Waals surface area contributed by atoms with Gasteiger partial charge in [0.2, 0.25) is 34.8 Å². The number of carbonyl (C=O) groups excluding carboxylic acids is 1. The highest BCUT2D eigenvalue weighted by Gasteiger charge is 2.30. The summed E-state index contributed by atoms with van der Waals surface area (Å²) in [5, 5.41) is 0. The van der Waals surface area contributed by atoms with Crippen LogP contribution in [0.1, 0.15) is 33.1 Å². The van der Waals surface area contributed by atoms with Crippen molar-refractivity contribution in [1.82, 2.24) is 0 Å². The molecule has 0 saturated carbocycles. The molecule has 1 rings (SSSR count). The summed E-state index contributed by atoms with van der Waals surface area (Å²) in [5.74, 6) is -13.0. The van der Waals surface area contributed by atoms with Crippen molar-refractivity contribution in [3.05, 3.63) is 29.1 Å². The minimum atomic E-state index is -2.29. The Bertz CT molecular complexity index is 528. The third-order valence-electron chi connectivity index (χ3n) is 3.13. The summed E-state index contributed by atoms with van der Waals surface area (Å²) in [6.45, 7) is 3.77. The molecule has 1 aromatic rings. The van der Waals surface area contributed by atoms with E-state index in [9.17, 15) is 26.7 Å². The molecule has 1 atom stereocenters. The molecule has 8 heteroatoms. The number of hydrogen-bond donors (Lipinski definition) is 0. The van der Waals surface area contributed by atoms with Crippen LogP contribution in [0.2, 0.25) is 0 Å². The van der Waals surface area contributed by atoms with Crippen LogP contribution in [-0.4, -0.2) is 17.5 Å². The van der Waals surface area contributed by atoms with E-state index >= 15 is 0 Å². The number of unbranched alkanes of at least 4 members (excludes halogenated alkanes) is 1. The number of ether oxygens (including phenoxy) is 1. The third kappa shape index (κ3) is 4.83. The summed E-state index contributed by atoms with van der Waals surface area (Å²) in [6, 6.07) is 0. The molecule has 0 spiro atoms. The normalized spacial score (nSPS) is 12.3. The molecule has 1 unspecified atom stereocenters. The molecule has 0 bridgehead atoms. The van der Waals surface area contributed by atoms with Gasteiger partial charge in [0.25, 0.3) is 0 Å². The Morgan fingerprint density at radius 3 is 2.00 bits per heavy atom. The topological polar surface area (TPSA) is 26.3 Å². The first-order chi connectivity index (χ1) is 10.8. The van der Waals surface area contributed by atoms with E-state index in [1.165, 1.54) is 11.8 Å². The third-order valence-corrected chi connectivity index (χ3v) is 4.18. The van der Waals surface area contributed by atoms with Gasteiger partial charge >= 0.3 is 5.97 Å². The van der Waals surface area contributed by atoms with E-state index in [1.807, 2.05) is 13.8 Å². The summed E-state index contributed by atoms with van der Waals surface area (Å²) in [7, 11) is 0. The van der Waals surface area contributed by atoms with Crippen molar-refractivity contribution in [3.8, 4) is 5.75 Å². The lowest BCUT2D eigenvalue weighted by atomic mass is 10.0. The van der Waals surface area contributed by atoms with Gasteiger partial charge in [0.05, 0.1) is 5.92 Å². The molecule has 0 aliphatic rings. The molecule has 130 valence electrons. The molecule has 0 aromatic heterocycles. The van der Waals surface area contributed by atoms with Gasteiger partial charge in [-0.2, -0.15) is 20.5 Å². The minimum Gasteiger partial charge on any atom is -0.420 e. The quantitative estimate of drug-likeness (QED) is 0.219. The van der Waals surface area contributed by atoms with Crippen molar-refractivity contribution >= 4 is 17.7 Å². The van der Waals surface area contributed by atoms with E-state index in [-0.39, 0.29) is 0 Å². The van der Waals surface area contributed by atoms with E-state index in [0.29, 0.717) is 18.6 Å². The van der Waals surface area contributed by atoms with Gasteiger partial charge in [0.1, 0.15) is 0 Å². The molecular weight excluding hydrogens is 339 g/mol. The SMILES string of the molecule is CCCCC(CSCC)C(=O)Oc1c(F)c(F)c(F)c(F)c1F. The Labute approximate surface area is 135 Å². The second kappa shape index (κ2) is 9.10. The zero-order chi connectivity index (χ0) is 17.6. The van der Waals surface area contributed by atoms with E-state index < -0.39 is 46.7 Å². The van der Waals surface area contributed by atoms with Crippen molar-refractivity contribution in [3.63, 3.8) is 0 Å². The molecule has 23 heavy (non-hydrogen) atoms. The van der Waals surface area contributed by atoms with E-state index in [1.54, 1.807) is 0 Å². The molecule has 0 N–H and O–H groups in total. The Hall–Kier alpha value is -1.31. The molecular formula is C15H17F5O2S. The zero-order valence-electron chi connectivity index (χ0n) is 12.7. The number of halogens is 5. The van der Waals surface area contributed by atoms with E-state index in [4.69, 9.17) is 0 Å². The Morgan fingerprint density at radius 2 is 1.52 bits per heavy atom. The van der Waals surface area contributed by atoms with Crippen LogP contribution < -0.4 is 4.74 Å². The van der Waals surface area contributed by atoms with Gasteiger partial charge in [-0.1, -0.05) is 26.7 Å². The number of esters is 1. The molecule has 0 heterocycles. The molecule has 0 radical (unpaired) electrons. The lowest BCUT2D eigenvalue weighted by Gasteiger charge is -2.16. The summed E-state index contributed by atoms with van der Waals surface area (Å²) < 4.78 is 70.7. The van der Waals surface area contributed by atoms with Crippen LogP contribution in [0.25, 0.3) is 0 Å². The van der Waals surface area contributed by atoms with Crippen molar-refractivity contribution in [2.75, 3.05) is 11.5 Å².